The van der Waals surface area contributed by atoms with Crippen LogP contribution in [0.25, 0.3) is 5.53 Å². The number of alkyl halides is 1. The van der Waals surface area contributed by atoms with E-state index in [4.69, 9.17) is 17.1 Å². The third kappa shape index (κ3) is 3.16. The highest BCUT2D eigenvalue weighted by Crippen LogP contribution is 1.70. The van der Waals surface area contributed by atoms with Crippen LogP contribution in [0.3, 0.4) is 0 Å². The summed E-state index contributed by atoms with van der Waals surface area (Å²) in [6.07, 6.45) is 0.757. The average molecular weight is 119 g/mol. The van der Waals surface area contributed by atoms with Crippen molar-refractivity contribution in [3.63, 3.8) is 0 Å². The molecule has 0 unspecified atom stereocenters. The fourth-order valence-electron chi connectivity index (χ4n) is 0.0989. The average Bonchev–Trinajstić information content (AvgIpc) is 1.68. The van der Waals surface area contributed by atoms with Crippen LogP contribution in [0.15, 0.2) is 0 Å². The number of hydrogen-bond acceptors (Lipinski definition) is 1. The van der Waals surface area contributed by atoms with Crippen molar-refractivity contribution in [2.45, 2.75) is 0 Å². The van der Waals surface area contributed by atoms with Gasteiger partial charge < -0.3 is 5.53 Å². The number of halogens is 1. The summed E-state index contributed by atoms with van der Waals surface area (Å²) in [5, 5.41) is 0. The quantitative estimate of drug-likeness (QED) is 0.220. The van der Waals surface area contributed by atoms with E-state index in [1.54, 1.807) is 0 Å². The molecule has 0 bridgehead atoms. The lowest BCUT2D eigenvalue weighted by Gasteiger charge is -1.66. The van der Waals surface area contributed by atoms with E-state index < -0.39 is 5.78 Å². The van der Waals surface area contributed by atoms with Crippen LogP contribution >= 0.6 is 11.6 Å². The molecule has 3 nitrogen and oxygen atoms in total. The molecule has 0 spiro atoms. The van der Waals surface area contributed by atoms with E-state index in [0.717, 1.165) is 6.21 Å². The van der Waals surface area contributed by atoms with Gasteiger partial charge in [-0.15, -0.1) is 11.6 Å². The third-order valence-corrected chi connectivity index (χ3v) is 0.597. The number of carbonyl (C=O) groups excluding carboxylic acids is 1. The number of rotatable bonds is 2. The molecule has 0 aromatic carbocycles. The molecule has 0 aromatic rings. The number of Topliss-reactive ketones (excluding diaryl/α,β-unsaturated/α-hetero) is 1. The molecule has 0 rings (SSSR count). The molecule has 4 heteroatoms. The van der Waals surface area contributed by atoms with Gasteiger partial charge in [-0.2, -0.15) is 4.79 Å². The lowest BCUT2D eigenvalue weighted by molar-refractivity contribution is -0.113. The first-order valence-corrected chi connectivity index (χ1v) is 2.11. The van der Waals surface area contributed by atoms with Gasteiger partial charge in [0.15, 0.2) is 0 Å². The summed E-state index contributed by atoms with van der Waals surface area (Å²) in [6, 6.07) is 0. The summed E-state index contributed by atoms with van der Waals surface area (Å²) in [5.74, 6) is -0.534. The molecule has 0 aromatic heterocycles. The normalized spacial score (nSPS) is 7.00. The number of hydrogen-bond donors (Lipinski definition) is 0. The van der Waals surface area contributed by atoms with Crippen molar-refractivity contribution >= 4 is 23.6 Å². The minimum Gasteiger partial charge on any atom is -0.361 e. The van der Waals surface area contributed by atoms with Crippen LogP contribution < -0.4 is 0 Å². The van der Waals surface area contributed by atoms with Crippen LogP contribution in [0.1, 0.15) is 0 Å². The Labute approximate surface area is 45.5 Å². The van der Waals surface area contributed by atoms with E-state index in [9.17, 15) is 4.79 Å². The SMILES string of the molecule is [N-]=[N+]=CC(=O)CCl. The standard InChI is InChI=1S/C3H3ClN2O/c4-1-3(7)2-6-5/h2H,1H2. The van der Waals surface area contributed by atoms with Crippen molar-refractivity contribution in [2.75, 3.05) is 5.88 Å². The van der Waals surface area contributed by atoms with Crippen molar-refractivity contribution in [2.24, 2.45) is 0 Å². The fourth-order valence-corrected chi connectivity index (χ4v) is 0.168. The van der Waals surface area contributed by atoms with E-state index in [-0.39, 0.29) is 5.88 Å². The molecule has 38 valence electrons. The first kappa shape index (κ1) is 6.34. The molecule has 0 saturated carbocycles. The zero-order valence-electron chi connectivity index (χ0n) is 3.47. The molecule has 0 amide bonds. The summed E-state index contributed by atoms with van der Waals surface area (Å²) in [7, 11) is 0. The number of carbonyl (C=O) groups is 1. The smallest absolute Gasteiger partial charge is 0.324 e. The van der Waals surface area contributed by atoms with Crippen LogP contribution in [0.2, 0.25) is 0 Å². The maximum absolute atomic E-state index is 9.97. The van der Waals surface area contributed by atoms with E-state index in [0.29, 0.717) is 0 Å². The van der Waals surface area contributed by atoms with E-state index >= 15 is 0 Å². The number of nitrogens with zero attached hydrogens (tertiary/aromatic N) is 2. The Morgan fingerprint density at radius 1 is 2.00 bits per heavy atom. The largest absolute Gasteiger partial charge is 0.361 e. The summed E-state index contributed by atoms with van der Waals surface area (Å²) in [5.41, 5.74) is 7.66. The van der Waals surface area contributed by atoms with Crippen LogP contribution in [0.4, 0.5) is 0 Å². The van der Waals surface area contributed by atoms with Crippen molar-refractivity contribution in [1.82, 2.24) is 0 Å². The van der Waals surface area contributed by atoms with Gasteiger partial charge in [0.05, 0.1) is 5.88 Å². The fraction of sp³-hybridized carbons (Fsp3) is 0.333. The van der Waals surface area contributed by atoms with E-state index in [1.807, 2.05) is 0 Å². The summed E-state index contributed by atoms with van der Waals surface area (Å²) in [6.45, 7) is 0. The molecule has 0 saturated heterocycles. The monoisotopic (exact) mass is 118 g/mol. The lowest BCUT2D eigenvalue weighted by Crippen LogP contribution is -1.99. The zero-order chi connectivity index (χ0) is 5.70. The molecule has 0 aliphatic heterocycles. The Bertz CT molecular complexity index is 116. The van der Waals surface area contributed by atoms with Gasteiger partial charge in [0.1, 0.15) is 0 Å². The molecule has 7 heavy (non-hydrogen) atoms. The van der Waals surface area contributed by atoms with Crippen LogP contribution in [-0.4, -0.2) is 22.7 Å². The number of ketones is 1. The second-order valence-corrected chi connectivity index (χ2v) is 1.11. The highest BCUT2D eigenvalue weighted by Gasteiger charge is 1.95. The molecule has 0 aliphatic rings. The van der Waals surface area contributed by atoms with E-state index in [2.05, 4.69) is 4.79 Å². The first-order chi connectivity index (χ1) is 3.31. The van der Waals surface area contributed by atoms with Crippen molar-refractivity contribution in [3.05, 3.63) is 5.53 Å². The Hall–Kier alpha value is -0.660. The second-order valence-electron chi connectivity index (χ2n) is 0.845. The zero-order valence-corrected chi connectivity index (χ0v) is 4.22. The van der Waals surface area contributed by atoms with Gasteiger partial charge in [0, 0.05) is 0 Å². The minimum atomic E-state index is -0.399. The van der Waals surface area contributed by atoms with Crippen molar-refractivity contribution < 1.29 is 9.58 Å². The van der Waals surface area contributed by atoms with Crippen LogP contribution in [0.5, 0.6) is 0 Å². The maximum atomic E-state index is 9.97. The molecular weight excluding hydrogens is 115 g/mol. The summed E-state index contributed by atoms with van der Waals surface area (Å²) in [4.78, 5) is 12.4. The van der Waals surface area contributed by atoms with Gasteiger partial charge in [-0.3, -0.25) is 4.79 Å². The minimum absolute atomic E-state index is 0.135. The van der Waals surface area contributed by atoms with E-state index in [1.165, 1.54) is 0 Å². The molecule has 0 radical (unpaired) electrons. The van der Waals surface area contributed by atoms with Gasteiger partial charge in [0.25, 0.3) is 5.78 Å². The molecular formula is C3H3ClN2O. The molecule has 0 aliphatic carbocycles. The summed E-state index contributed by atoms with van der Waals surface area (Å²) >= 11 is 4.98. The topological polar surface area (TPSA) is 53.5 Å². The molecule has 0 heterocycles. The lowest BCUT2D eigenvalue weighted by atomic mass is 10.5. The van der Waals surface area contributed by atoms with Gasteiger partial charge in [0.2, 0.25) is 0 Å². The van der Waals surface area contributed by atoms with Gasteiger partial charge in [-0.1, -0.05) is 0 Å². The molecule has 0 atom stereocenters. The Morgan fingerprint density at radius 3 is 2.71 bits per heavy atom. The van der Waals surface area contributed by atoms with Crippen LogP contribution in [-0.2, 0) is 4.79 Å². The highest BCUT2D eigenvalue weighted by atomic mass is 35.5. The highest BCUT2D eigenvalue weighted by molar-refractivity contribution is 6.40. The third-order valence-electron chi connectivity index (χ3n) is 0.333. The van der Waals surface area contributed by atoms with Crippen molar-refractivity contribution in [1.29, 1.82) is 0 Å². The maximum Gasteiger partial charge on any atom is 0.324 e. The Morgan fingerprint density at radius 2 is 2.57 bits per heavy atom. The first-order valence-electron chi connectivity index (χ1n) is 1.57. The van der Waals surface area contributed by atoms with Crippen LogP contribution in [0, 0.1) is 0 Å². The Kier molecular flexibility index (Phi) is 3.19. The predicted octanol–water partition coefficient (Wildman–Crippen LogP) is 0.0949. The van der Waals surface area contributed by atoms with Crippen molar-refractivity contribution in [3.8, 4) is 0 Å². The summed E-state index contributed by atoms with van der Waals surface area (Å²) < 4.78 is 0. The molecule has 0 fully saturated rings. The van der Waals surface area contributed by atoms with Gasteiger partial charge in [-0.05, 0) is 0 Å². The predicted molar refractivity (Wildman–Crippen MR) is 25.4 cm³/mol. The Balaban J connectivity index is 3.58. The molecule has 0 N–H and O–H groups in total. The second kappa shape index (κ2) is 3.53. The van der Waals surface area contributed by atoms with Gasteiger partial charge in [-0.25, -0.2) is 0 Å². The van der Waals surface area contributed by atoms with Gasteiger partial charge >= 0.3 is 6.21 Å².